The molecule has 0 aromatic carbocycles. The molecule has 0 aliphatic carbocycles. The minimum atomic E-state index is -0.537. The van der Waals surface area contributed by atoms with Crippen LogP contribution in [0, 0.1) is 0 Å². The van der Waals surface area contributed by atoms with Crippen molar-refractivity contribution in [3.63, 3.8) is 0 Å². The van der Waals surface area contributed by atoms with Crippen molar-refractivity contribution in [1.29, 1.82) is 0 Å². The van der Waals surface area contributed by atoms with Crippen LogP contribution in [-0.4, -0.2) is 22.8 Å². The Labute approximate surface area is 137 Å². The van der Waals surface area contributed by atoms with Crippen LogP contribution >= 0.6 is 0 Å². The molecule has 1 amide bonds. The van der Waals surface area contributed by atoms with Gasteiger partial charge in [-0.2, -0.15) is 0 Å². The first-order valence-corrected chi connectivity index (χ1v) is 7.73. The number of carbonyl (C=O) groups excluding carboxylic acids is 1. The van der Waals surface area contributed by atoms with E-state index in [0.717, 1.165) is 16.9 Å². The lowest BCUT2D eigenvalue weighted by Crippen LogP contribution is -2.23. The smallest absolute Gasteiger partial charge is 0.284 e. The second-order valence-electron chi connectivity index (χ2n) is 6.96. The summed E-state index contributed by atoms with van der Waals surface area (Å²) >= 11 is 0. The molecular weight excluding hydrogens is 290 g/mol. The second kappa shape index (κ2) is 6.54. The van der Waals surface area contributed by atoms with E-state index in [0.29, 0.717) is 6.54 Å². The molecule has 0 aliphatic heterocycles. The van der Waals surface area contributed by atoms with Crippen LogP contribution < -0.4 is 5.73 Å². The molecule has 2 aromatic rings. The number of carbonyl (C=O) groups is 1. The van der Waals surface area contributed by atoms with Crippen LogP contribution in [0.25, 0.3) is 0 Å². The SMILES string of the molecule is CC(c1cccnc1)N(C)Cc1cc(C(N)=O)oc1C(C)(C)C. The summed E-state index contributed by atoms with van der Waals surface area (Å²) in [5.41, 5.74) is 7.31. The van der Waals surface area contributed by atoms with Crippen LogP contribution in [0.3, 0.4) is 0 Å². The minimum Gasteiger partial charge on any atom is -0.455 e. The van der Waals surface area contributed by atoms with Crippen LogP contribution in [-0.2, 0) is 12.0 Å². The normalized spacial score (nSPS) is 13.3. The molecule has 1 atom stereocenters. The lowest BCUT2D eigenvalue weighted by molar-refractivity contribution is 0.0970. The zero-order chi connectivity index (χ0) is 17.2. The van der Waals surface area contributed by atoms with Gasteiger partial charge in [-0.3, -0.25) is 14.7 Å². The van der Waals surface area contributed by atoms with E-state index in [1.807, 2.05) is 19.3 Å². The monoisotopic (exact) mass is 315 g/mol. The summed E-state index contributed by atoms with van der Waals surface area (Å²) in [6.45, 7) is 8.97. The van der Waals surface area contributed by atoms with Gasteiger partial charge in [-0.05, 0) is 31.7 Å². The summed E-state index contributed by atoms with van der Waals surface area (Å²) in [5.74, 6) is 0.480. The first kappa shape index (κ1) is 17.2. The first-order chi connectivity index (χ1) is 10.7. The maximum absolute atomic E-state index is 11.4. The standard InChI is InChI=1S/C18H25N3O2/c1-12(13-7-6-8-20-10-13)21(5)11-14-9-15(17(19)22)23-16(14)18(2,3)4/h6-10,12H,11H2,1-5H3,(H2,19,22). The minimum absolute atomic E-state index is 0.193. The third kappa shape index (κ3) is 3.99. The fraction of sp³-hybridized carbons (Fsp3) is 0.444. The number of hydrogen-bond donors (Lipinski definition) is 1. The Kier molecular flexibility index (Phi) is 4.90. The van der Waals surface area contributed by atoms with Crippen LogP contribution in [0.2, 0.25) is 0 Å². The molecule has 1 unspecified atom stereocenters. The molecule has 5 heteroatoms. The lowest BCUT2D eigenvalue weighted by atomic mass is 9.90. The molecule has 2 heterocycles. The van der Waals surface area contributed by atoms with Crippen molar-refractivity contribution in [2.75, 3.05) is 7.05 Å². The van der Waals surface area contributed by atoms with Crippen molar-refractivity contribution in [1.82, 2.24) is 9.88 Å². The van der Waals surface area contributed by atoms with E-state index >= 15 is 0 Å². The van der Waals surface area contributed by atoms with Gasteiger partial charge < -0.3 is 10.2 Å². The number of amides is 1. The average molecular weight is 315 g/mol. The number of pyridine rings is 1. The number of nitrogens with two attached hydrogens (primary N) is 1. The van der Waals surface area contributed by atoms with Gasteiger partial charge in [-0.25, -0.2) is 0 Å². The topological polar surface area (TPSA) is 72.4 Å². The van der Waals surface area contributed by atoms with E-state index in [9.17, 15) is 4.79 Å². The summed E-state index contributed by atoms with van der Waals surface area (Å²) in [6, 6.07) is 5.95. The van der Waals surface area contributed by atoms with E-state index in [1.165, 1.54) is 0 Å². The van der Waals surface area contributed by atoms with Gasteiger partial charge in [-0.1, -0.05) is 26.8 Å². The van der Waals surface area contributed by atoms with Crippen molar-refractivity contribution < 1.29 is 9.21 Å². The number of furan rings is 1. The average Bonchev–Trinajstić information content (AvgIpc) is 2.91. The first-order valence-electron chi connectivity index (χ1n) is 7.73. The van der Waals surface area contributed by atoms with Crippen LogP contribution in [0.1, 0.15) is 61.2 Å². The molecule has 2 N–H and O–H groups in total. The lowest BCUT2D eigenvalue weighted by Gasteiger charge is -2.26. The zero-order valence-corrected chi connectivity index (χ0v) is 14.5. The van der Waals surface area contributed by atoms with E-state index < -0.39 is 5.91 Å². The van der Waals surface area contributed by atoms with Gasteiger partial charge >= 0.3 is 0 Å². The fourth-order valence-electron chi connectivity index (χ4n) is 2.59. The van der Waals surface area contributed by atoms with E-state index in [-0.39, 0.29) is 17.2 Å². The van der Waals surface area contributed by atoms with Gasteiger partial charge in [0, 0.05) is 36.0 Å². The van der Waals surface area contributed by atoms with Gasteiger partial charge in [0.05, 0.1) is 0 Å². The Morgan fingerprint density at radius 2 is 2.13 bits per heavy atom. The number of rotatable bonds is 5. The highest BCUT2D eigenvalue weighted by Gasteiger charge is 2.26. The van der Waals surface area contributed by atoms with Crippen LogP contribution in [0.5, 0.6) is 0 Å². The molecule has 5 nitrogen and oxygen atoms in total. The third-order valence-corrected chi connectivity index (χ3v) is 3.98. The molecular formula is C18H25N3O2. The van der Waals surface area contributed by atoms with Crippen LogP contribution in [0.15, 0.2) is 35.0 Å². The highest BCUT2D eigenvalue weighted by atomic mass is 16.4. The molecule has 2 aromatic heterocycles. The maximum Gasteiger partial charge on any atom is 0.284 e. The summed E-state index contributed by atoms with van der Waals surface area (Å²) in [5, 5.41) is 0. The fourth-order valence-corrected chi connectivity index (χ4v) is 2.59. The molecule has 0 spiro atoms. The number of aromatic nitrogens is 1. The zero-order valence-electron chi connectivity index (χ0n) is 14.5. The van der Waals surface area contributed by atoms with Crippen LogP contribution in [0.4, 0.5) is 0 Å². The van der Waals surface area contributed by atoms with Gasteiger partial charge in [0.15, 0.2) is 5.76 Å². The summed E-state index contributed by atoms with van der Waals surface area (Å²) in [4.78, 5) is 17.8. The van der Waals surface area contributed by atoms with E-state index in [2.05, 4.69) is 43.6 Å². The largest absolute Gasteiger partial charge is 0.455 e. The Morgan fingerprint density at radius 1 is 1.43 bits per heavy atom. The van der Waals surface area contributed by atoms with Crippen molar-refractivity contribution in [3.8, 4) is 0 Å². The quantitative estimate of drug-likeness (QED) is 0.919. The summed E-state index contributed by atoms with van der Waals surface area (Å²) in [7, 11) is 2.04. The highest BCUT2D eigenvalue weighted by molar-refractivity contribution is 5.90. The van der Waals surface area contributed by atoms with E-state index in [1.54, 1.807) is 12.3 Å². The van der Waals surface area contributed by atoms with Gasteiger partial charge in [0.25, 0.3) is 5.91 Å². The Hall–Kier alpha value is -2.14. The molecule has 2 rings (SSSR count). The molecule has 0 bridgehead atoms. The Bertz CT molecular complexity index is 671. The third-order valence-electron chi connectivity index (χ3n) is 3.98. The number of hydrogen-bond acceptors (Lipinski definition) is 4. The molecule has 0 saturated carbocycles. The predicted molar refractivity (Wildman–Crippen MR) is 90.0 cm³/mol. The van der Waals surface area contributed by atoms with Crippen molar-refractivity contribution in [2.45, 2.75) is 45.7 Å². The molecule has 124 valence electrons. The van der Waals surface area contributed by atoms with Gasteiger partial charge in [0.1, 0.15) is 5.76 Å². The highest BCUT2D eigenvalue weighted by Crippen LogP contribution is 2.31. The number of primary amides is 1. The summed E-state index contributed by atoms with van der Waals surface area (Å²) < 4.78 is 5.71. The van der Waals surface area contributed by atoms with Gasteiger partial charge in [-0.15, -0.1) is 0 Å². The molecule has 0 saturated heterocycles. The molecule has 23 heavy (non-hydrogen) atoms. The van der Waals surface area contributed by atoms with Crippen molar-refractivity contribution in [3.05, 3.63) is 53.2 Å². The molecule has 0 aliphatic rings. The molecule has 0 radical (unpaired) electrons. The van der Waals surface area contributed by atoms with Crippen molar-refractivity contribution >= 4 is 5.91 Å². The molecule has 0 fully saturated rings. The Balaban J connectivity index is 2.26. The van der Waals surface area contributed by atoms with Gasteiger partial charge in [0.2, 0.25) is 0 Å². The summed E-state index contributed by atoms with van der Waals surface area (Å²) in [6.07, 6.45) is 3.64. The Morgan fingerprint density at radius 3 is 2.65 bits per heavy atom. The maximum atomic E-state index is 11.4. The van der Waals surface area contributed by atoms with E-state index in [4.69, 9.17) is 10.2 Å². The van der Waals surface area contributed by atoms with Crippen molar-refractivity contribution in [2.24, 2.45) is 5.73 Å². The number of nitrogens with zero attached hydrogens (tertiary/aromatic N) is 2. The second-order valence-corrected chi connectivity index (χ2v) is 6.96. The predicted octanol–water partition coefficient (Wildman–Crippen LogP) is 3.26.